The van der Waals surface area contributed by atoms with Crippen LogP contribution in [0.1, 0.15) is 91.1 Å². The van der Waals surface area contributed by atoms with Crippen LogP contribution >= 0.6 is 8.53 Å². The Balaban J connectivity index is 1.56. The molecule has 0 radical (unpaired) electrons. The fourth-order valence-corrected chi connectivity index (χ4v) is 10.9. The number of rotatable bonds is 22. The van der Waals surface area contributed by atoms with Crippen molar-refractivity contribution in [3.63, 3.8) is 0 Å². The van der Waals surface area contributed by atoms with E-state index < -0.39 is 47.0 Å². The van der Waals surface area contributed by atoms with E-state index in [9.17, 15) is 5.26 Å². The molecule has 1 aliphatic heterocycles. The zero-order chi connectivity index (χ0) is 46.9. The van der Waals surface area contributed by atoms with Crippen LogP contribution < -0.4 is 14.8 Å². The number of aromatic nitrogens is 4. The molecule has 1 fully saturated rings. The van der Waals surface area contributed by atoms with E-state index in [0.717, 1.165) is 41.2 Å². The molecule has 14 nitrogen and oxygen atoms in total. The summed E-state index contributed by atoms with van der Waals surface area (Å²) in [7, 11) is -1.02. The number of nitrogens with zero attached hydrogens (tertiary/aromatic N) is 6. The summed E-state index contributed by atoms with van der Waals surface area (Å²) < 4.78 is 51.9. The summed E-state index contributed by atoms with van der Waals surface area (Å²) in [4.78, 5) is 14.3. The number of anilines is 1. The van der Waals surface area contributed by atoms with Crippen LogP contribution in [0.3, 0.4) is 0 Å². The van der Waals surface area contributed by atoms with Crippen LogP contribution in [-0.2, 0) is 28.5 Å². The number of hydrogen-bond donors (Lipinski definition) is 1. The van der Waals surface area contributed by atoms with Gasteiger partial charge in [0.05, 0.1) is 52.4 Å². The Morgan fingerprint density at radius 1 is 0.877 bits per heavy atom. The molecule has 1 saturated heterocycles. The predicted molar refractivity (Wildman–Crippen MR) is 258 cm³/mol. The molecule has 0 aliphatic carbocycles. The van der Waals surface area contributed by atoms with E-state index >= 15 is 0 Å². The van der Waals surface area contributed by atoms with Gasteiger partial charge in [-0.1, -0.05) is 82.3 Å². The van der Waals surface area contributed by atoms with Gasteiger partial charge in [0.25, 0.3) is 8.53 Å². The van der Waals surface area contributed by atoms with Crippen molar-refractivity contribution in [1.82, 2.24) is 24.2 Å². The van der Waals surface area contributed by atoms with E-state index in [4.69, 9.17) is 42.4 Å². The molecule has 3 heterocycles. The molecule has 65 heavy (non-hydrogen) atoms. The fourth-order valence-electron chi connectivity index (χ4n) is 7.85. The van der Waals surface area contributed by atoms with Crippen LogP contribution in [0.5, 0.6) is 11.5 Å². The minimum Gasteiger partial charge on any atom is -0.497 e. The molecular formula is C49H68N7O7PSi. The first-order valence-corrected chi connectivity index (χ1v) is 26.6. The van der Waals surface area contributed by atoms with E-state index in [1.54, 1.807) is 26.7 Å². The van der Waals surface area contributed by atoms with E-state index in [1.807, 2.05) is 71.3 Å². The lowest BCUT2D eigenvalue weighted by molar-refractivity contribution is -0.0926. The number of nitrogens with one attached hydrogen (secondary N) is 1. The monoisotopic (exact) mass is 925 g/mol. The highest BCUT2D eigenvalue weighted by molar-refractivity contribution is 7.44. The van der Waals surface area contributed by atoms with Crippen molar-refractivity contribution in [1.29, 1.82) is 5.26 Å². The van der Waals surface area contributed by atoms with Crippen molar-refractivity contribution < 1.29 is 32.4 Å². The quantitative estimate of drug-likeness (QED) is 0.0304. The van der Waals surface area contributed by atoms with Gasteiger partial charge in [0, 0.05) is 18.6 Å². The molecule has 350 valence electrons. The van der Waals surface area contributed by atoms with Gasteiger partial charge < -0.3 is 37.7 Å². The van der Waals surface area contributed by atoms with Crippen LogP contribution in [0, 0.1) is 11.3 Å². The Morgan fingerprint density at radius 3 is 2.02 bits per heavy atom. The van der Waals surface area contributed by atoms with E-state index in [1.165, 1.54) is 0 Å². The lowest BCUT2D eigenvalue weighted by Crippen LogP contribution is -2.50. The number of methoxy groups -OCH3 is 2. The van der Waals surface area contributed by atoms with E-state index in [-0.39, 0.29) is 36.8 Å². The molecule has 2 aromatic heterocycles. The van der Waals surface area contributed by atoms with Crippen LogP contribution in [0.25, 0.3) is 11.2 Å². The van der Waals surface area contributed by atoms with Crippen LogP contribution in [0.15, 0.2) is 91.4 Å². The average molecular weight is 926 g/mol. The van der Waals surface area contributed by atoms with Crippen LogP contribution in [0.4, 0.5) is 5.95 Å². The third kappa shape index (κ3) is 11.2. The van der Waals surface area contributed by atoms with Gasteiger partial charge in [-0.15, -0.1) is 0 Å². The zero-order valence-electron chi connectivity index (χ0n) is 40.1. The maximum atomic E-state index is 9.62. The molecule has 0 saturated carbocycles. The largest absolute Gasteiger partial charge is 0.497 e. The van der Waals surface area contributed by atoms with Gasteiger partial charge in [0.15, 0.2) is 20.2 Å². The second-order valence-electron chi connectivity index (χ2n) is 18.3. The first-order valence-electron chi connectivity index (χ1n) is 22.6. The minimum absolute atomic E-state index is 0.0509. The highest BCUT2D eigenvalue weighted by Crippen LogP contribution is 2.53. The SMILES string of the molecule is CCCNc1ncc2ncn([C@@H]3O[C@H](COC(c4ccccc4)(c4ccc(OC)cc4)c4ccc(OC)cc4)[C@@H](OP(OCCC#N)N(C(C)C)C(C)C)[C@H]3O[Si](C)(C)C(C)(C)C)c2n1. The summed E-state index contributed by atoms with van der Waals surface area (Å²) in [5.74, 6) is 1.94. The molecule has 1 aliphatic rings. The van der Waals surface area contributed by atoms with Crippen LogP contribution in [0.2, 0.25) is 18.1 Å². The third-order valence-corrected chi connectivity index (χ3v) is 18.8. The first kappa shape index (κ1) is 49.9. The number of nitriles is 1. The van der Waals surface area contributed by atoms with E-state index in [0.29, 0.717) is 17.1 Å². The summed E-state index contributed by atoms with van der Waals surface area (Å²) in [6.45, 7) is 22.7. The molecule has 5 atom stereocenters. The molecule has 5 aromatic rings. The molecule has 3 aromatic carbocycles. The molecule has 1 N–H and O–H groups in total. The molecule has 0 spiro atoms. The average Bonchev–Trinajstić information content (AvgIpc) is 3.85. The number of hydrogen-bond acceptors (Lipinski definition) is 13. The van der Waals surface area contributed by atoms with E-state index in [2.05, 4.69) is 102 Å². The first-order chi connectivity index (χ1) is 31.1. The highest BCUT2D eigenvalue weighted by Gasteiger charge is 2.54. The van der Waals surface area contributed by atoms with Gasteiger partial charge in [0.1, 0.15) is 40.9 Å². The van der Waals surface area contributed by atoms with Crippen molar-refractivity contribution in [2.45, 2.75) is 129 Å². The second kappa shape index (κ2) is 21.9. The molecular weight excluding hydrogens is 858 g/mol. The topological polar surface area (TPSA) is 147 Å². The molecule has 0 amide bonds. The summed E-state index contributed by atoms with van der Waals surface area (Å²) >= 11 is 0. The third-order valence-electron chi connectivity index (χ3n) is 12.2. The smallest absolute Gasteiger partial charge is 0.259 e. The Hall–Kier alpha value is -4.49. The zero-order valence-corrected chi connectivity index (χ0v) is 42.0. The Kier molecular flexibility index (Phi) is 16.8. The highest BCUT2D eigenvalue weighted by atomic mass is 31.2. The Morgan fingerprint density at radius 2 is 1.48 bits per heavy atom. The van der Waals surface area contributed by atoms with Gasteiger partial charge in [-0.2, -0.15) is 10.2 Å². The number of imidazole rings is 1. The van der Waals surface area contributed by atoms with Gasteiger partial charge in [-0.3, -0.25) is 4.57 Å². The lowest BCUT2D eigenvalue weighted by Gasteiger charge is -2.42. The van der Waals surface area contributed by atoms with Crippen molar-refractivity contribution in [3.8, 4) is 17.6 Å². The molecule has 6 rings (SSSR count). The molecule has 1 unspecified atom stereocenters. The summed E-state index contributed by atoms with van der Waals surface area (Å²) in [5, 5.41) is 12.8. The van der Waals surface area contributed by atoms with Crippen molar-refractivity contribution in [2.24, 2.45) is 0 Å². The number of ether oxygens (including phenoxy) is 4. The number of fused-ring (bicyclic) bond motifs is 1. The normalized spacial score (nSPS) is 18.7. The second-order valence-corrected chi connectivity index (χ2v) is 24.5. The summed E-state index contributed by atoms with van der Waals surface area (Å²) in [6, 6.07) is 28.5. The fraction of sp³-hybridized carbons (Fsp3) is 0.510. The maximum absolute atomic E-state index is 9.62. The maximum Gasteiger partial charge on any atom is 0.259 e. The van der Waals surface area contributed by atoms with Crippen molar-refractivity contribution >= 4 is 34.0 Å². The predicted octanol–water partition coefficient (Wildman–Crippen LogP) is 10.6. The number of benzene rings is 3. The van der Waals surface area contributed by atoms with Crippen molar-refractivity contribution in [3.05, 3.63) is 108 Å². The van der Waals surface area contributed by atoms with Gasteiger partial charge in [-0.05, 0) is 93.2 Å². The van der Waals surface area contributed by atoms with Gasteiger partial charge >= 0.3 is 0 Å². The van der Waals surface area contributed by atoms with Crippen LogP contribution in [-0.4, -0.2) is 96.9 Å². The minimum atomic E-state index is -2.57. The van der Waals surface area contributed by atoms with Gasteiger partial charge in [0.2, 0.25) is 5.95 Å². The molecule has 0 bridgehead atoms. The molecule has 16 heteroatoms. The summed E-state index contributed by atoms with van der Waals surface area (Å²) in [5.41, 5.74) is 2.75. The van der Waals surface area contributed by atoms with Gasteiger partial charge in [-0.25, -0.2) is 14.6 Å². The van der Waals surface area contributed by atoms with Crippen molar-refractivity contribution in [2.75, 3.05) is 39.3 Å². The Bertz CT molecular complexity index is 2250. The lowest BCUT2D eigenvalue weighted by atomic mass is 9.80. The Labute approximate surface area is 388 Å². The standard InChI is InChI=1S/C49H68N7O7PSi/c1-13-29-51-47-52-31-41-45(54-47)55(33-53-41)46-44(63-65(11,12)48(6,7)8)43(62-64(60-30-17-28-50)56(34(2)3)35(4)5)42(61-46)32-59-49(36-18-15-14-16-19-36,37-20-24-39(57-9)25-21-37)38-22-26-40(58-10)27-23-38/h14-16,18-27,31,33-35,42-44,46H,13,17,29-30,32H2,1-12H3,(H,51,52,54)/t42-,43-,44-,46-,64?/m1/s1. The summed E-state index contributed by atoms with van der Waals surface area (Å²) in [6.07, 6.45) is 1.71.